The molecule has 0 atom stereocenters. The van der Waals surface area contributed by atoms with E-state index in [1.54, 1.807) is 0 Å². The van der Waals surface area contributed by atoms with Crippen LogP contribution in [0, 0.1) is 6.92 Å². The highest BCUT2D eigenvalue weighted by atomic mass is 79.9. The molecule has 0 radical (unpaired) electrons. The maximum Gasteiger partial charge on any atom is 0.0766 e. The zero-order chi connectivity index (χ0) is 12.7. The van der Waals surface area contributed by atoms with Crippen LogP contribution >= 0.6 is 15.9 Å². The molecule has 94 valence electrons. The van der Waals surface area contributed by atoms with Gasteiger partial charge in [0, 0.05) is 27.2 Å². The van der Waals surface area contributed by atoms with Gasteiger partial charge >= 0.3 is 0 Å². The van der Waals surface area contributed by atoms with Gasteiger partial charge in [-0.15, -0.1) is 0 Å². The molecule has 0 amide bonds. The second-order valence-corrected chi connectivity index (χ2v) is 6.04. The summed E-state index contributed by atoms with van der Waals surface area (Å²) in [6, 6.07) is 6.17. The van der Waals surface area contributed by atoms with Gasteiger partial charge in [-0.2, -0.15) is 0 Å². The number of hydrogen-bond acceptors (Lipinski definition) is 2. The zero-order valence-electron chi connectivity index (χ0n) is 10.5. The van der Waals surface area contributed by atoms with Crippen molar-refractivity contribution in [2.45, 2.75) is 38.5 Å². The predicted molar refractivity (Wildman–Crippen MR) is 79.8 cm³/mol. The maximum atomic E-state index is 6.19. The molecule has 2 nitrogen and oxygen atoms in total. The minimum atomic E-state index is 0.607. The van der Waals surface area contributed by atoms with E-state index in [2.05, 4.69) is 28.9 Å². The molecule has 2 N–H and O–H groups in total. The smallest absolute Gasteiger partial charge is 0.0766 e. The third-order valence-corrected chi connectivity index (χ3v) is 4.85. The van der Waals surface area contributed by atoms with E-state index in [0.717, 1.165) is 21.1 Å². The first-order chi connectivity index (χ1) is 8.66. The summed E-state index contributed by atoms with van der Waals surface area (Å²) >= 11 is 3.57. The number of hydrogen-bond donors (Lipinski definition) is 1. The van der Waals surface area contributed by atoms with Crippen LogP contribution in [0.3, 0.4) is 0 Å². The molecule has 0 saturated heterocycles. The standard InChI is InChI=1S/C15H17BrN2/c1-9-12(16)7-6-11-13(17)8-14(18-15(9)11)10-4-2-3-5-10/h6-8,10H,2-5H2,1H3,(H2,17,18). The monoisotopic (exact) mass is 304 g/mol. The Kier molecular flexibility index (Phi) is 3.02. The molecule has 18 heavy (non-hydrogen) atoms. The third kappa shape index (κ3) is 1.91. The largest absolute Gasteiger partial charge is 0.398 e. The van der Waals surface area contributed by atoms with Crippen molar-refractivity contribution in [1.29, 1.82) is 0 Å². The fourth-order valence-electron chi connectivity index (χ4n) is 2.88. The molecular weight excluding hydrogens is 288 g/mol. The quantitative estimate of drug-likeness (QED) is 0.839. The van der Waals surface area contributed by atoms with Crippen molar-refractivity contribution in [3.8, 4) is 0 Å². The summed E-state index contributed by atoms with van der Waals surface area (Å²) in [6.07, 6.45) is 5.15. The molecule has 1 aliphatic carbocycles. The highest BCUT2D eigenvalue weighted by Gasteiger charge is 2.20. The molecular formula is C15H17BrN2. The normalized spacial score (nSPS) is 16.6. The number of fused-ring (bicyclic) bond motifs is 1. The highest BCUT2D eigenvalue weighted by molar-refractivity contribution is 9.10. The van der Waals surface area contributed by atoms with Gasteiger partial charge in [0.1, 0.15) is 0 Å². The Hall–Kier alpha value is -1.09. The average molecular weight is 305 g/mol. The van der Waals surface area contributed by atoms with Crippen LogP contribution in [-0.4, -0.2) is 4.98 Å². The van der Waals surface area contributed by atoms with Crippen molar-refractivity contribution < 1.29 is 0 Å². The van der Waals surface area contributed by atoms with Gasteiger partial charge in [0.25, 0.3) is 0 Å². The number of anilines is 1. The lowest BCUT2D eigenvalue weighted by molar-refractivity contribution is 0.701. The van der Waals surface area contributed by atoms with Crippen molar-refractivity contribution in [2.75, 3.05) is 5.73 Å². The Bertz CT molecular complexity index is 601. The molecule has 0 bridgehead atoms. The van der Waals surface area contributed by atoms with Crippen LogP contribution in [0.5, 0.6) is 0 Å². The second-order valence-electron chi connectivity index (χ2n) is 5.19. The summed E-state index contributed by atoms with van der Waals surface area (Å²) < 4.78 is 1.10. The average Bonchev–Trinajstić information content (AvgIpc) is 2.88. The summed E-state index contributed by atoms with van der Waals surface area (Å²) in [7, 11) is 0. The molecule has 0 unspecified atom stereocenters. The van der Waals surface area contributed by atoms with Gasteiger partial charge in [-0.25, -0.2) is 0 Å². The van der Waals surface area contributed by atoms with Gasteiger partial charge in [0.05, 0.1) is 5.52 Å². The van der Waals surface area contributed by atoms with E-state index in [4.69, 9.17) is 10.7 Å². The number of nitrogen functional groups attached to an aromatic ring is 1. The highest BCUT2D eigenvalue weighted by Crippen LogP contribution is 2.36. The molecule has 1 saturated carbocycles. The predicted octanol–water partition coefficient (Wildman–Crippen LogP) is 4.55. The topological polar surface area (TPSA) is 38.9 Å². The Balaban J connectivity index is 2.21. The van der Waals surface area contributed by atoms with Crippen molar-refractivity contribution >= 4 is 32.5 Å². The Labute approximate surface area is 116 Å². The van der Waals surface area contributed by atoms with Crippen LogP contribution in [0.4, 0.5) is 5.69 Å². The van der Waals surface area contributed by atoms with Crippen LogP contribution in [-0.2, 0) is 0 Å². The third-order valence-electron chi connectivity index (χ3n) is 3.99. The summed E-state index contributed by atoms with van der Waals surface area (Å²) in [4.78, 5) is 4.87. The van der Waals surface area contributed by atoms with Gasteiger partial charge < -0.3 is 5.73 Å². The first-order valence-corrected chi connectivity index (χ1v) is 7.31. The number of aryl methyl sites for hydroxylation is 1. The Morgan fingerprint density at radius 2 is 2.00 bits per heavy atom. The summed E-state index contributed by atoms with van der Waals surface area (Å²) in [5.41, 5.74) is 10.5. The molecule has 1 aromatic heterocycles. The van der Waals surface area contributed by atoms with Crippen LogP contribution in [0.1, 0.15) is 42.9 Å². The number of benzene rings is 1. The van der Waals surface area contributed by atoms with Gasteiger partial charge in [-0.3, -0.25) is 4.98 Å². The van der Waals surface area contributed by atoms with Crippen molar-refractivity contribution in [2.24, 2.45) is 0 Å². The lowest BCUT2D eigenvalue weighted by atomic mass is 10.0. The van der Waals surface area contributed by atoms with E-state index in [1.807, 2.05) is 12.1 Å². The molecule has 1 fully saturated rings. The summed E-state index contributed by atoms with van der Waals surface area (Å²) in [5, 5.41) is 1.07. The number of nitrogens with zero attached hydrogens (tertiary/aromatic N) is 1. The van der Waals surface area contributed by atoms with E-state index in [0.29, 0.717) is 5.92 Å². The second kappa shape index (κ2) is 4.54. The summed E-state index contributed by atoms with van der Waals surface area (Å²) in [6.45, 7) is 2.09. The molecule has 3 rings (SSSR count). The van der Waals surface area contributed by atoms with Gasteiger partial charge in [0.15, 0.2) is 0 Å². The lowest BCUT2D eigenvalue weighted by Crippen LogP contribution is -2.01. The molecule has 2 aromatic rings. The number of aromatic nitrogens is 1. The first kappa shape index (κ1) is 12.0. The number of rotatable bonds is 1. The number of halogens is 1. The molecule has 3 heteroatoms. The summed E-state index contributed by atoms with van der Waals surface area (Å²) in [5.74, 6) is 0.607. The minimum Gasteiger partial charge on any atom is -0.398 e. The lowest BCUT2D eigenvalue weighted by Gasteiger charge is -2.13. The van der Waals surface area contributed by atoms with Crippen LogP contribution in [0.25, 0.3) is 10.9 Å². The Morgan fingerprint density at radius 3 is 2.72 bits per heavy atom. The van der Waals surface area contributed by atoms with E-state index >= 15 is 0 Å². The molecule has 1 heterocycles. The van der Waals surface area contributed by atoms with Crippen molar-refractivity contribution in [3.63, 3.8) is 0 Å². The van der Waals surface area contributed by atoms with Crippen molar-refractivity contribution in [1.82, 2.24) is 4.98 Å². The molecule has 0 spiro atoms. The Morgan fingerprint density at radius 1 is 1.28 bits per heavy atom. The van der Waals surface area contributed by atoms with Gasteiger partial charge in [0.2, 0.25) is 0 Å². The van der Waals surface area contributed by atoms with E-state index < -0.39 is 0 Å². The molecule has 1 aromatic carbocycles. The van der Waals surface area contributed by atoms with Gasteiger partial charge in [-0.05, 0) is 43.5 Å². The maximum absolute atomic E-state index is 6.19. The molecule has 0 aliphatic heterocycles. The molecule has 1 aliphatic rings. The van der Waals surface area contributed by atoms with Crippen LogP contribution in [0.15, 0.2) is 22.7 Å². The number of nitrogens with two attached hydrogens (primary N) is 1. The zero-order valence-corrected chi connectivity index (χ0v) is 12.1. The minimum absolute atomic E-state index is 0.607. The van der Waals surface area contributed by atoms with E-state index in [-0.39, 0.29) is 0 Å². The van der Waals surface area contributed by atoms with Crippen LogP contribution in [0.2, 0.25) is 0 Å². The SMILES string of the molecule is Cc1c(Br)ccc2c(N)cc(C3CCCC3)nc12. The van der Waals surface area contributed by atoms with E-state index in [9.17, 15) is 0 Å². The fraction of sp³-hybridized carbons (Fsp3) is 0.400. The van der Waals surface area contributed by atoms with Crippen molar-refractivity contribution in [3.05, 3.63) is 33.9 Å². The van der Waals surface area contributed by atoms with Gasteiger partial charge in [-0.1, -0.05) is 28.8 Å². The fourth-order valence-corrected chi connectivity index (χ4v) is 3.20. The van der Waals surface area contributed by atoms with Crippen LogP contribution < -0.4 is 5.73 Å². The van der Waals surface area contributed by atoms with E-state index in [1.165, 1.54) is 36.9 Å². The first-order valence-electron chi connectivity index (χ1n) is 6.52. The number of pyridine rings is 1.